The van der Waals surface area contributed by atoms with E-state index in [2.05, 4.69) is 15.5 Å². The Balaban J connectivity index is 1.47. The number of halogens is 1. The van der Waals surface area contributed by atoms with Crippen molar-refractivity contribution in [2.24, 2.45) is 0 Å². The summed E-state index contributed by atoms with van der Waals surface area (Å²) in [5.74, 6) is 0.482. The summed E-state index contributed by atoms with van der Waals surface area (Å²) in [6.45, 7) is 3.42. The Morgan fingerprint density at radius 3 is 2.88 bits per heavy atom. The van der Waals surface area contributed by atoms with Gasteiger partial charge in [-0.15, -0.1) is 0 Å². The van der Waals surface area contributed by atoms with Gasteiger partial charge >= 0.3 is 0 Å². The molecule has 1 aliphatic heterocycles. The molecule has 1 fully saturated rings. The summed E-state index contributed by atoms with van der Waals surface area (Å²) in [6, 6.07) is 16.1. The van der Waals surface area contributed by atoms with Crippen LogP contribution in [-0.2, 0) is 4.79 Å². The first-order chi connectivity index (χ1) is 12.7. The van der Waals surface area contributed by atoms with Gasteiger partial charge in [0, 0.05) is 25.7 Å². The van der Waals surface area contributed by atoms with Crippen molar-refractivity contribution in [3.8, 4) is 5.75 Å². The average Bonchev–Trinajstić information content (AvgIpc) is 2.66. The van der Waals surface area contributed by atoms with Gasteiger partial charge in [0.2, 0.25) is 5.91 Å². The van der Waals surface area contributed by atoms with Crippen LogP contribution in [0.5, 0.6) is 5.75 Å². The average molecular weight is 357 g/mol. The molecule has 3 rings (SSSR count). The number of carbonyl (C=O) groups excluding carboxylic acids is 1. The molecule has 1 saturated heterocycles. The third-order valence-electron chi connectivity index (χ3n) is 4.37. The highest BCUT2D eigenvalue weighted by atomic mass is 19.1. The second-order valence-electron chi connectivity index (χ2n) is 6.26. The zero-order valence-electron chi connectivity index (χ0n) is 14.7. The Morgan fingerprint density at radius 2 is 2.08 bits per heavy atom. The number of hydrogen-bond donors (Lipinski definition) is 2. The summed E-state index contributed by atoms with van der Waals surface area (Å²) in [6.07, 6.45) is 0. The van der Waals surface area contributed by atoms with Crippen molar-refractivity contribution < 1.29 is 13.9 Å². The highest BCUT2D eigenvalue weighted by Crippen LogP contribution is 2.22. The standard InChI is InChI=1S/C20H24FN3O2/c21-17-6-4-5-16(13-17)19-14-22-9-11-24(19)15-20(25)23-10-12-26-18-7-2-1-3-8-18/h1-8,13,19,22H,9-12,14-15H2,(H,23,25). The Bertz CT molecular complexity index is 711. The van der Waals surface area contributed by atoms with E-state index in [4.69, 9.17) is 4.74 Å². The minimum atomic E-state index is -0.254. The number of ether oxygens (including phenoxy) is 1. The first-order valence-corrected chi connectivity index (χ1v) is 8.87. The maximum absolute atomic E-state index is 13.5. The zero-order valence-corrected chi connectivity index (χ0v) is 14.7. The van der Waals surface area contributed by atoms with E-state index in [0.717, 1.165) is 24.4 Å². The highest BCUT2D eigenvalue weighted by Gasteiger charge is 2.25. The van der Waals surface area contributed by atoms with Gasteiger partial charge in [-0.05, 0) is 29.8 Å². The SMILES string of the molecule is O=C(CN1CCNCC1c1cccc(F)c1)NCCOc1ccccc1. The van der Waals surface area contributed by atoms with Crippen LogP contribution >= 0.6 is 0 Å². The maximum Gasteiger partial charge on any atom is 0.234 e. The number of nitrogens with zero attached hydrogens (tertiary/aromatic N) is 1. The van der Waals surface area contributed by atoms with Crippen LogP contribution in [-0.4, -0.2) is 50.1 Å². The molecule has 1 amide bonds. The van der Waals surface area contributed by atoms with Gasteiger partial charge in [0.25, 0.3) is 0 Å². The number of amides is 1. The number of nitrogens with one attached hydrogen (secondary N) is 2. The quantitative estimate of drug-likeness (QED) is 0.744. The van der Waals surface area contributed by atoms with E-state index in [1.54, 1.807) is 6.07 Å². The van der Waals surface area contributed by atoms with Gasteiger partial charge in [0.05, 0.1) is 13.1 Å². The third-order valence-corrected chi connectivity index (χ3v) is 4.37. The Hall–Kier alpha value is -2.44. The number of rotatable bonds is 7. The van der Waals surface area contributed by atoms with E-state index in [-0.39, 0.29) is 24.3 Å². The lowest BCUT2D eigenvalue weighted by Crippen LogP contribution is -2.49. The molecule has 0 spiro atoms. The minimum Gasteiger partial charge on any atom is -0.492 e. The van der Waals surface area contributed by atoms with Crippen molar-refractivity contribution >= 4 is 5.91 Å². The topological polar surface area (TPSA) is 53.6 Å². The third kappa shape index (κ3) is 5.28. The molecule has 1 unspecified atom stereocenters. The van der Waals surface area contributed by atoms with Gasteiger partial charge in [-0.2, -0.15) is 0 Å². The monoisotopic (exact) mass is 357 g/mol. The normalized spacial score (nSPS) is 17.7. The van der Waals surface area contributed by atoms with E-state index in [9.17, 15) is 9.18 Å². The highest BCUT2D eigenvalue weighted by molar-refractivity contribution is 5.78. The molecule has 0 radical (unpaired) electrons. The number of carbonyl (C=O) groups is 1. The van der Waals surface area contributed by atoms with Gasteiger partial charge in [-0.3, -0.25) is 9.69 Å². The maximum atomic E-state index is 13.5. The zero-order chi connectivity index (χ0) is 18.2. The van der Waals surface area contributed by atoms with Crippen LogP contribution in [0, 0.1) is 5.82 Å². The molecule has 0 saturated carbocycles. The molecule has 2 aromatic carbocycles. The molecule has 2 N–H and O–H groups in total. The minimum absolute atomic E-state index is 0.00855. The molecule has 138 valence electrons. The smallest absolute Gasteiger partial charge is 0.234 e. The van der Waals surface area contributed by atoms with Gasteiger partial charge in [-0.1, -0.05) is 30.3 Å². The first-order valence-electron chi connectivity index (χ1n) is 8.87. The van der Waals surface area contributed by atoms with E-state index < -0.39 is 0 Å². The van der Waals surface area contributed by atoms with Crippen LogP contribution in [0.1, 0.15) is 11.6 Å². The van der Waals surface area contributed by atoms with Crippen LogP contribution in [0.3, 0.4) is 0 Å². The summed E-state index contributed by atoms with van der Waals surface area (Å²) in [5.41, 5.74) is 0.886. The lowest BCUT2D eigenvalue weighted by molar-refractivity contribution is -0.123. The lowest BCUT2D eigenvalue weighted by Gasteiger charge is -2.36. The van der Waals surface area contributed by atoms with Gasteiger partial charge < -0.3 is 15.4 Å². The van der Waals surface area contributed by atoms with E-state index >= 15 is 0 Å². The van der Waals surface area contributed by atoms with Crippen LogP contribution in [0.15, 0.2) is 54.6 Å². The van der Waals surface area contributed by atoms with Crippen LogP contribution in [0.25, 0.3) is 0 Å². The molecule has 1 aliphatic rings. The van der Waals surface area contributed by atoms with Crippen molar-refractivity contribution in [3.63, 3.8) is 0 Å². The van der Waals surface area contributed by atoms with Crippen molar-refractivity contribution in [1.29, 1.82) is 0 Å². The Labute approximate surface area is 153 Å². The Kier molecular flexibility index (Phi) is 6.57. The number of benzene rings is 2. The van der Waals surface area contributed by atoms with Gasteiger partial charge in [0.15, 0.2) is 0 Å². The first kappa shape index (κ1) is 18.4. The largest absolute Gasteiger partial charge is 0.492 e. The molecule has 0 bridgehead atoms. The molecule has 0 aliphatic carbocycles. The summed E-state index contributed by atoms with van der Waals surface area (Å²) in [7, 11) is 0. The van der Waals surface area contributed by atoms with Crippen molar-refractivity contribution in [1.82, 2.24) is 15.5 Å². The van der Waals surface area contributed by atoms with Crippen molar-refractivity contribution in [2.45, 2.75) is 6.04 Å². The van der Waals surface area contributed by atoms with Crippen LogP contribution in [0.2, 0.25) is 0 Å². The Morgan fingerprint density at radius 1 is 1.23 bits per heavy atom. The molecule has 2 aromatic rings. The van der Waals surface area contributed by atoms with Crippen molar-refractivity contribution in [2.75, 3.05) is 39.3 Å². The molecule has 5 nitrogen and oxygen atoms in total. The number of piperazine rings is 1. The van der Waals surface area contributed by atoms with Gasteiger partial charge in [0.1, 0.15) is 18.2 Å². The molecular weight excluding hydrogens is 333 g/mol. The molecular formula is C20H24FN3O2. The van der Waals surface area contributed by atoms with E-state index in [0.29, 0.717) is 19.7 Å². The predicted octanol–water partition coefficient (Wildman–Crippen LogP) is 1.97. The van der Waals surface area contributed by atoms with Crippen molar-refractivity contribution in [3.05, 3.63) is 66.0 Å². The molecule has 0 aromatic heterocycles. The fraction of sp³-hybridized carbons (Fsp3) is 0.350. The van der Waals surface area contributed by atoms with Crippen LogP contribution < -0.4 is 15.4 Å². The van der Waals surface area contributed by atoms with Gasteiger partial charge in [-0.25, -0.2) is 4.39 Å². The summed E-state index contributed by atoms with van der Waals surface area (Å²) < 4.78 is 19.1. The molecule has 6 heteroatoms. The molecule has 1 heterocycles. The summed E-state index contributed by atoms with van der Waals surface area (Å²) >= 11 is 0. The second-order valence-corrected chi connectivity index (χ2v) is 6.26. The fourth-order valence-corrected chi connectivity index (χ4v) is 3.09. The number of para-hydroxylation sites is 1. The van der Waals surface area contributed by atoms with E-state index in [1.165, 1.54) is 12.1 Å². The molecule has 1 atom stereocenters. The number of hydrogen-bond acceptors (Lipinski definition) is 4. The van der Waals surface area contributed by atoms with E-state index in [1.807, 2.05) is 36.4 Å². The van der Waals surface area contributed by atoms with Crippen LogP contribution in [0.4, 0.5) is 4.39 Å². The summed E-state index contributed by atoms with van der Waals surface area (Å²) in [4.78, 5) is 14.3. The predicted molar refractivity (Wildman–Crippen MR) is 98.5 cm³/mol. The molecule has 26 heavy (non-hydrogen) atoms. The lowest BCUT2D eigenvalue weighted by atomic mass is 10.0. The fourth-order valence-electron chi connectivity index (χ4n) is 3.09. The summed E-state index contributed by atoms with van der Waals surface area (Å²) in [5, 5.41) is 6.19. The second kappa shape index (κ2) is 9.31.